The first kappa shape index (κ1) is 13.4. The average Bonchev–Trinajstić information content (AvgIpc) is 2.15. The number of hydrogen-bond donors (Lipinski definition) is 2. The van der Waals surface area contributed by atoms with Crippen molar-refractivity contribution in [2.24, 2.45) is 5.92 Å². The number of carbonyl (C=O) groups is 1. The predicted molar refractivity (Wildman–Crippen MR) is 57.2 cm³/mol. The summed E-state index contributed by atoms with van der Waals surface area (Å²) in [7, 11) is 1.63. The summed E-state index contributed by atoms with van der Waals surface area (Å²) in [6, 6.07) is 0. The highest BCUT2D eigenvalue weighted by Crippen LogP contribution is 1.92. The molecule has 0 aliphatic rings. The molecule has 4 nitrogen and oxygen atoms in total. The zero-order valence-corrected chi connectivity index (χ0v) is 9.43. The van der Waals surface area contributed by atoms with E-state index in [2.05, 4.69) is 24.5 Å². The van der Waals surface area contributed by atoms with Gasteiger partial charge in [-0.1, -0.05) is 13.8 Å². The maximum Gasteiger partial charge on any atom is 0.233 e. The van der Waals surface area contributed by atoms with Crippen LogP contribution in [-0.2, 0) is 9.53 Å². The van der Waals surface area contributed by atoms with Gasteiger partial charge in [0.25, 0.3) is 0 Å². The summed E-state index contributed by atoms with van der Waals surface area (Å²) in [5.41, 5.74) is 0. The van der Waals surface area contributed by atoms with E-state index in [4.69, 9.17) is 4.74 Å². The first-order valence-electron chi connectivity index (χ1n) is 5.16. The molecule has 0 aromatic heterocycles. The molecule has 4 heteroatoms. The van der Waals surface area contributed by atoms with Crippen LogP contribution in [0.25, 0.3) is 0 Å². The number of rotatable bonds is 8. The van der Waals surface area contributed by atoms with Gasteiger partial charge in [0, 0.05) is 20.3 Å². The monoisotopic (exact) mass is 202 g/mol. The molecule has 0 aliphatic heterocycles. The molecule has 0 aromatic carbocycles. The molecular formula is C10H22N2O2. The lowest BCUT2D eigenvalue weighted by molar-refractivity contribution is -0.119. The van der Waals surface area contributed by atoms with Crippen LogP contribution in [0, 0.1) is 5.92 Å². The fourth-order valence-corrected chi connectivity index (χ4v) is 0.909. The zero-order chi connectivity index (χ0) is 10.8. The van der Waals surface area contributed by atoms with Gasteiger partial charge in [-0.3, -0.25) is 4.79 Å². The summed E-state index contributed by atoms with van der Waals surface area (Å²) < 4.78 is 5.39. The van der Waals surface area contributed by atoms with Crippen molar-refractivity contribution in [2.45, 2.75) is 20.3 Å². The van der Waals surface area contributed by atoms with E-state index in [1.807, 2.05) is 0 Å². The topological polar surface area (TPSA) is 50.4 Å². The number of carbonyl (C=O) groups excluding carboxylic acids is 1. The summed E-state index contributed by atoms with van der Waals surface area (Å²) in [4.78, 5) is 10.8. The molecule has 0 radical (unpaired) electrons. The quantitative estimate of drug-likeness (QED) is 0.560. The van der Waals surface area contributed by atoms with Gasteiger partial charge in [0.2, 0.25) is 5.91 Å². The van der Waals surface area contributed by atoms with Crippen molar-refractivity contribution in [3.05, 3.63) is 0 Å². The van der Waals surface area contributed by atoms with E-state index in [0.29, 0.717) is 12.5 Å². The van der Waals surface area contributed by atoms with Crippen LogP contribution in [0.1, 0.15) is 20.3 Å². The van der Waals surface area contributed by atoms with E-state index >= 15 is 0 Å². The van der Waals surface area contributed by atoms with Crippen LogP contribution in [0.5, 0.6) is 0 Å². The van der Waals surface area contributed by atoms with Crippen molar-refractivity contribution in [2.75, 3.05) is 33.4 Å². The Labute approximate surface area is 86.4 Å². The van der Waals surface area contributed by atoms with Crippen LogP contribution in [0.4, 0.5) is 0 Å². The molecule has 0 saturated heterocycles. The normalized spacial score (nSPS) is 10.6. The molecule has 0 rings (SSSR count). The van der Waals surface area contributed by atoms with E-state index in [-0.39, 0.29) is 5.91 Å². The van der Waals surface area contributed by atoms with E-state index < -0.39 is 0 Å². The fraction of sp³-hybridized carbons (Fsp3) is 0.900. The molecular weight excluding hydrogens is 180 g/mol. The van der Waals surface area contributed by atoms with E-state index in [9.17, 15) is 4.79 Å². The molecule has 0 atom stereocenters. The Morgan fingerprint density at radius 3 is 2.71 bits per heavy atom. The van der Waals surface area contributed by atoms with Gasteiger partial charge in [0.05, 0.1) is 6.54 Å². The van der Waals surface area contributed by atoms with E-state index in [0.717, 1.165) is 26.2 Å². The SMILES string of the molecule is CNC(=O)CNCCCOCC(C)C. The Balaban J connectivity index is 3.03. The Morgan fingerprint density at radius 1 is 1.43 bits per heavy atom. The largest absolute Gasteiger partial charge is 0.381 e. The van der Waals surface area contributed by atoms with Crippen LogP contribution in [-0.4, -0.2) is 39.3 Å². The van der Waals surface area contributed by atoms with Gasteiger partial charge in [-0.2, -0.15) is 0 Å². The highest BCUT2D eigenvalue weighted by molar-refractivity contribution is 5.77. The predicted octanol–water partition coefficient (Wildman–Crippen LogP) is 0.385. The van der Waals surface area contributed by atoms with E-state index in [1.165, 1.54) is 0 Å². The van der Waals surface area contributed by atoms with Crippen molar-refractivity contribution >= 4 is 5.91 Å². The minimum Gasteiger partial charge on any atom is -0.381 e. The molecule has 0 bridgehead atoms. The van der Waals surface area contributed by atoms with Gasteiger partial charge in [-0.25, -0.2) is 0 Å². The molecule has 84 valence electrons. The second-order valence-electron chi connectivity index (χ2n) is 3.67. The summed E-state index contributed by atoms with van der Waals surface area (Å²) >= 11 is 0. The van der Waals surface area contributed by atoms with Gasteiger partial charge in [0.15, 0.2) is 0 Å². The molecule has 0 saturated carbocycles. The number of amides is 1. The number of nitrogens with one attached hydrogen (secondary N) is 2. The molecule has 0 spiro atoms. The number of hydrogen-bond acceptors (Lipinski definition) is 3. The maximum absolute atomic E-state index is 10.8. The van der Waals surface area contributed by atoms with E-state index in [1.54, 1.807) is 7.05 Å². The molecule has 0 heterocycles. The minimum absolute atomic E-state index is 0.0214. The Morgan fingerprint density at radius 2 is 2.14 bits per heavy atom. The average molecular weight is 202 g/mol. The van der Waals surface area contributed by atoms with Gasteiger partial charge in [-0.05, 0) is 18.9 Å². The lowest BCUT2D eigenvalue weighted by Crippen LogP contribution is -2.32. The van der Waals surface area contributed by atoms with Gasteiger partial charge < -0.3 is 15.4 Å². The lowest BCUT2D eigenvalue weighted by Gasteiger charge is -2.07. The third-order valence-electron chi connectivity index (χ3n) is 1.66. The highest BCUT2D eigenvalue weighted by Gasteiger charge is 1.96. The van der Waals surface area contributed by atoms with Gasteiger partial charge >= 0.3 is 0 Å². The lowest BCUT2D eigenvalue weighted by atomic mass is 10.2. The molecule has 0 unspecified atom stereocenters. The first-order valence-corrected chi connectivity index (χ1v) is 5.16. The molecule has 1 amide bonds. The molecule has 0 fully saturated rings. The molecule has 0 aromatic rings. The molecule has 14 heavy (non-hydrogen) atoms. The summed E-state index contributed by atoms with van der Waals surface area (Å²) in [5, 5.41) is 5.58. The maximum atomic E-state index is 10.8. The second-order valence-corrected chi connectivity index (χ2v) is 3.67. The van der Waals surface area contributed by atoms with Crippen LogP contribution >= 0.6 is 0 Å². The van der Waals surface area contributed by atoms with Crippen molar-refractivity contribution < 1.29 is 9.53 Å². The van der Waals surface area contributed by atoms with Crippen LogP contribution in [0.3, 0.4) is 0 Å². The fourth-order valence-electron chi connectivity index (χ4n) is 0.909. The van der Waals surface area contributed by atoms with Crippen molar-refractivity contribution in [3.8, 4) is 0 Å². The molecule has 2 N–H and O–H groups in total. The first-order chi connectivity index (χ1) is 6.66. The summed E-state index contributed by atoms with van der Waals surface area (Å²) in [5.74, 6) is 0.613. The van der Waals surface area contributed by atoms with Crippen molar-refractivity contribution in [1.82, 2.24) is 10.6 Å². The third-order valence-corrected chi connectivity index (χ3v) is 1.66. The second kappa shape index (κ2) is 8.97. The van der Waals surface area contributed by atoms with Crippen molar-refractivity contribution in [3.63, 3.8) is 0 Å². The van der Waals surface area contributed by atoms with Gasteiger partial charge in [0.1, 0.15) is 0 Å². The molecule has 0 aliphatic carbocycles. The van der Waals surface area contributed by atoms with Gasteiger partial charge in [-0.15, -0.1) is 0 Å². The third kappa shape index (κ3) is 9.48. The Kier molecular flexibility index (Phi) is 8.57. The van der Waals surface area contributed by atoms with Crippen LogP contribution < -0.4 is 10.6 Å². The van der Waals surface area contributed by atoms with Crippen LogP contribution in [0.2, 0.25) is 0 Å². The van der Waals surface area contributed by atoms with Crippen LogP contribution in [0.15, 0.2) is 0 Å². The standard InChI is InChI=1S/C10H22N2O2/c1-9(2)8-14-6-4-5-12-7-10(13)11-3/h9,12H,4-8H2,1-3H3,(H,11,13). The minimum atomic E-state index is 0.0214. The Bertz CT molecular complexity index is 149. The Hall–Kier alpha value is -0.610. The summed E-state index contributed by atoms with van der Waals surface area (Å²) in [6.45, 7) is 7.05. The summed E-state index contributed by atoms with van der Waals surface area (Å²) in [6.07, 6.45) is 0.948. The number of ether oxygens (including phenoxy) is 1. The van der Waals surface area contributed by atoms with Crippen molar-refractivity contribution in [1.29, 1.82) is 0 Å². The smallest absolute Gasteiger partial charge is 0.233 e. The highest BCUT2D eigenvalue weighted by atomic mass is 16.5. The number of likely N-dealkylation sites (N-methyl/N-ethyl adjacent to an activating group) is 1. The zero-order valence-electron chi connectivity index (χ0n) is 9.43.